The molecule has 0 aliphatic rings. The molecular weight excluding hydrogens is 282 g/mol. The lowest BCUT2D eigenvalue weighted by Gasteiger charge is -2.06. The molecule has 0 atom stereocenters. The molecule has 2 rings (SSSR count). The van der Waals surface area contributed by atoms with E-state index in [2.05, 4.69) is 10.3 Å². The zero-order valence-electron chi connectivity index (χ0n) is 10.2. The van der Waals surface area contributed by atoms with E-state index in [4.69, 9.17) is 11.6 Å². The van der Waals surface area contributed by atoms with Crippen molar-refractivity contribution in [1.29, 1.82) is 0 Å². The number of rotatable bonds is 4. The first kappa shape index (κ1) is 14.0. The highest BCUT2D eigenvalue weighted by atomic mass is 35.5. The van der Waals surface area contributed by atoms with Crippen LogP contribution in [0.4, 0.5) is 5.69 Å². The van der Waals surface area contributed by atoms with Crippen LogP contribution in [-0.4, -0.2) is 15.8 Å². The quantitative estimate of drug-likeness (QED) is 0.533. The number of aromatic nitrogens is 1. The van der Waals surface area contributed by atoms with E-state index >= 15 is 0 Å². The number of hydrogen-bond donors (Lipinski definition) is 1. The van der Waals surface area contributed by atoms with E-state index in [-0.39, 0.29) is 23.3 Å². The van der Waals surface area contributed by atoms with E-state index in [1.54, 1.807) is 18.2 Å². The monoisotopic (exact) mass is 291 g/mol. The summed E-state index contributed by atoms with van der Waals surface area (Å²) in [6.07, 6.45) is 1.42. The van der Waals surface area contributed by atoms with Gasteiger partial charge in [-0.25, -0.2) is 4.98 Å². The van der Waals surface area contributed by atoms with E-state index in [0.717, 1.165) is 0 Å². The van der Waals surface area contributed by atoms with Gasteiger partial charge in [-0.15, -0.1) is 0 Å². The summed E-state index contributed by atoms with van der Waals surface area (Å²) in [6, 6.07) is 9.18. The Labute approximate surface area is 119 Å². The maximum Gasteiger partial charge on any atom is 0.274 e. The van der Waals surface area contributed by atoms with Gasteiger partial charge in [0.25, 0.3) is 11.6 Å². The van der Waals surface area contributed by atoms with Crippen molar-refractivity contribution in [2.45, 2.75) is 6.54 Å². The molecule has 7 heteroatoms. The SMILES string of the molecule is O=C(NCc1ccccc1[N+](=O)[O-])c1ccnc(Cl)c1. The predicted molar refractivity (Wildman–Crippen MR) is 73.5 cm³/mol. The number of amides is 1. The lowest BCUT2D eigenvalue weighted by atomic mass is 10.1. The van der Waals surface area contributed by atoms with E-state index in [1.165, 1.54) is 24.4 Å². The molecule has 0 spiro atoms. The van der Waals surface area contributed by atoms with Gasteiger partial charge in [0, 0.05) is 29.9 Å². The van der Waals surface area contributed by atoms with Crippen LogP contribution in [0, 0.1) is 10.1 Å². The van der Waals surface area contributed by atoms with E-state index in [9.17, 15) is 14.9 Å². The van der Waals surface area contributed by atoms with Crippen LogP contribution in [0.1, 0.15) is 15.9 Å². The minimum absolute atomic E-state index is 0.0273. The average molecular weight is 292 g/mol. The molecule has 1 amide bonds. The fourth-order valence-electron chi connectivity index (χ4n) is 1.66. The van der Waals surface area contributed by atoms with Gasteiger partial charge in [-0.2, -0.15) is 0 Å². The number of hydrogen-bond acceptors (Lipinski definition) is 4. The molecule has 0 radical (unpaired) electrons. The summed E-state index contributed by atoms with van der Waals surface area (Å²) in [7, 11) is 0. The maximum absolute atomic E-state index is 11.9. The maximum atomic E-state index is 11.9. The second-order valence-corrected chi connectivity index (χ2v) is 4.32. The van der Waals surface area contributed by atoms with Gasteiger partial charge >= 0.3 is 0 Å². The fourth-order valence-corrected chi connectivity index (χ4v) is 1.83. The Bertz CT molecular complexity index is 661. The van der Waals surface area contributed by atoms with Gasteiger partial charge in [0.2, 0.25) is 0 Å². The number of benzene rings is 1. The standard InChI is InChI=1S/C13H10ClN3O3/c14-12-7-9(5-6-15-12)13(18)16-8-10-3-1-2-4-11(10)17(19)20/h1-7H,8H2,(H,16,18). The van der Waals surface area contributed by atoms with Crippen molar-refractivity contribution in [3.8, 4) is 0 Å². The molecule has 6 nitrogen and oxygen atoms in total. The number of nitrogens with zero attached hydrogens (tertiary/aromatic N) is 2. The highest BCUT2D eigenvalue weighted by Crippen LogP contribution is 2.17. The molecule has 2 aromatic rings. The predicted octanol–water partition coefficient (Wildman–Crippen LogP) is 2.57. The fraction of sp³-hybridized carbons (Fsp3) is 0.0769. The van der Waals surface area contributed by atoms with Crippen LogP contribution in [0.3, 0.4) is 0 Å². The number of nitro groups is 1. The molecule has 0 aliphatic heterocycles. The van der Waals surface area contributed by atoms with Gasteiger partial charge in [-0.3, -0.25) is 14.9 Å². The van der Waals surface area contributed by atoms with Crippen molar-refractivity contribution in [1.82, 2.24) is 10.3 Å². The summed E-state index contributed by atoms with van der Waals surface area (Å²) < 4.78 is 0. The summed E-state index contributed by atoms with van der Waals surface area (Å²) in [5.41, 5.74) is 0.759. The Hall–Kier alpha value is -2.47. The molecule has 0 bridgehead atoms. The van der Waals surface area contributed by atoms with Crippen LogP contribution in [-0.2, 0) is 6.54 Å². The van der Waals surface area contributed by atoms with Crippen LogP contribution < -0.4 is 5.32 Å². The molecular formula is C13H10ClN3O3. The minimum Gasteiger partial charge on any atom is -0.348 e. The average Bonchev–Trinajstić information content (AvgIpc) is 2.45. The third kappa shape index (κ3) is 3.30. The third-order valence-electron chi connectivity index (χ3n) is 2.62. The summed E-state index contributed by atoms with van der Waals surface area (Å²) in [6.45, 7) is 0.0654. The van der Waals surface area contributed by atoms with Crippen LogP contribution >= 0.6 is 11.6 Å². The van der Waals surface area contributed by atoms with Crippen LogP contribution in [0.2, 0.25) is 5.15 Å². The molecule has 0 aliphatic carbocycles. The number of nitrogens with one attached hydrogen (secondary N) is 1. The van der Waals surface area contributed by atoms with Crippen LogP contribution in [0.25, 0.3) is 0 Å². The minimum atomic E-state index is -0.481. The Balaban J connectivity index is 2.09. The van der Waals surface area contributed by atoms with Crippen molar-refractivity contribution in [3.63, 3.8) is 0 Å². The molecule has 0 saturated heterocycles. The highest BCUT2D eigenvalue weighted by molar-refractivity contribution is 6.29. The smallest absolute Gasteiger partial charge is 0.274 e. The molecule has 1 aromatic carbocycles. The Morgan fingerprint density at radius 3 is 2.80 bits per heavy atom. The van der Waals surface area contributed by atoms with Gasteiger partial charge in [0.1, 0.15) is 5.15 Å². The summed E-state index contributed by atoms with van der Waals surface area (Å²) in [4.78, 5) is 26.0. The van der Waals surface area contributed by atoms with Gasteiger partial charge in [-0.1, -0.05) is 29.8 Å². The molecule has 0 unspecified atom stereocenters. The Kier molecular flexibility index (Phi) is 4.27. The van der Waals surface area contributed by atoms with Crippen molar-refractivity contribution in [2.75, 3.05) is 0 Å². The molecule has 1 N–H and O–H groups in total. The molecule has 20 heavy (non-hydrogen) atoms. The molecule has 0 fully saturated rings. The number of para-hydroxylation sites is 1. The van der Waals surface area contributed by atoms with Crippen molar-refractivity contribution in [2.24, 2.45) is 0 Å². The zero-order valence-corrected chi connectivity index (χ0v) is 11.0. The van der Waals surface area contributed by atoms with E-state index < -0.39 is 4.92 Å². The molecule has 0 saturated carbocycles. The first-order valence-corrected chi connectivity index (χ1v) is 6.08. The molecule has 1 heterocycles. The van der Waals surface area contributed by atoms with Crippen molar-refractivity contribution < 1.29 is 9.72 Å². The topological polar surface area (TPSA) is 85.1 Å². The van der Waals surface area contributed by atoms with Crippen LogP contribution in [0.15, 0.2) is 42.6 Å². The third-order valence-corrected chi connectivity index (χ3v) is 2.82. The first-order chi connectivity index (χ1) is 9.58. The second-order valence-electron chi connectivity index (χ2n) is 3.94. The number of halogens is 1. The highest BCUT2D eigenvalue weighted by Gasteiger charge is 2.13. The lowest BCUT2D eigenvalue weighted by molar-refractivity contribution is -0.385. The number of carbonyl (C=O) groups is 1. The van der Waals surface area contributed by atoms with Gasteiger partial charge < -0.3 is 5.32 Å². The Morgan fingerprint density at radius 2 is 2.10 bits per heavy atom. The van der Waals surface area contributed by atoms with E-state index in [0.29, 0.717) is 11.1 Å². The summed E-state index contributed by atoms with van der Waals surface area (Å²) in [5.74, 6) is -0.368. The summed E-state index contributed by atoms with van der Waals surface area (Å²) >= 11 is 5.69. The second kappa shape index (κ2) is 6.12. The summed E-state index contributed by atoms with van der Waals surface area (Å²) in [5, 5.41) is 13.7. The van der Waals surface area contributed by atoms with E-state index in [1.807, 2.05) is 0 Å². The van der Waals surface area contributed by atoms with Gasteiger partial charge in [0.15, 0.2) is 0 Å². The van der Waals surface area contributed by atoms with Crippen LogP contribution in [0.5, 0.6) is 0 Å². The van der Waals surface area contributed by atoms with Gasteiger partial charge in [-0.05, 0) is 12.1 Å². The molecule has 1 aromatic heterocycles. The largest absolute Gasteiger partial charge is 0.348 e. The lowest BCUT2D eigenvalue weighted by Crippen LogP contribution is -2.23. The normalized spacial score (nSPS) is 10.1. The van der Waals surface area contributed by atoms with Crippen molar-refractivity contribution >= 4 is 23.2 Å². The molecule has 102 valence electrons. The first-order valence-electron chi connectivity index (χ1n) is 5.70. The zero-order chi connectivity index (χ0) is 14.5. The number of nitro benzene ring substituents is 1. The van der Waals surface area contributed by atoms with Gasteiger partial charge in [0.05, 0.1) is 4.92 Å². The Morgan fingerprint density at radius 1 is 1.35 bits per heavy atom. The van der Waals surface area contributed by atoms with Crippen molar-refractivity contribution in [3.05, 3.63) is 69.0 Å². The number of carbonyl (C=O) groups excluding carboxylic acids is 1. The number of pyridine rings is 1.